The van der Waals surface area contributed by atoms with Gasteiger partial charge in [-0.3, -0.25) is 4.90 Å². The normalized spacial score (nSPS) is 20.1. The van der Waals surface area contributed by atoms with Crippen LogP contribution in [0.15, 0.2) is 24.3 Å². The summed E-state index contributed by atoms with van der Waals surface area (Å²) in [6.07, 6.45) is 7.25. The molecule has 2 amide bonds. The van der Waals surface area contributed by atoms with Crippen LogP contribution in [0.25, 0.3) is 0 Å². The van der Waals surface area contributed by atoms with E-state index in [2.05, 4.69) is 10.2 Å². The van der Waals surface area contributed by atoms with Gasteiger partial charge in [-0.05, 0) is 43.4 Å². The van der Waals surface area contributed by atoms with Gasteiger partial charge in [0.2, 0.25) is 0 Å². The fourth-order valence-electron chi connectivity index (χ4n) is 3.86. The lowest BCUT2D eigenvalue weighted by Crippen LogP contribution is -2.43. The third kappa shape index (κ3) is 4.63. The minimum atomic E-state index is 0.0575. The van der Waals surface area contributed by atoms with Gasteiger partial charge in [-0.2, -0.15) is 0 Å². The molecule has 1 aromatic rings. The second-order valence-corrected chi connectivity index (χ2v) is 6.96. The summed E-state index contributed by atoms with van der Waals surface area (Å²) in [5, 5.41) is 12.3. The zero-order chi connectivity index (χ0) is 16.8. The maximum Gasteiger partial charge on any atom is 0.317 e. The van der Waals surface area contributed by atoms with Crippen LogP contribution in [0.2, 0.25) is 0 Å². The van der Waals surface area contributed by atoms with E-state index in [1.165, 1.54) is 25.7 Å². The van der Waals surface area contributed by atoms with Gasteiger partial charge in [0, 0.05) is 38.8 Å². The number of aromatic hydroxyl groups is 1. The molecule has 0 unspecified atom stereocenters. The van der Waals surface area contributed by atoms with Crippen molar-refractivity contribution in [3.63, 3.8) is 0 Å². The van der Waals surface area contributed by atoms with Gasteiger partial charge in [0.15, 0.2) is 0 Å². The van der Waals surface area contributed by atoms with Crippen LogP contribution in [-0.2, 0) is 6.42 Å². The first-order valence-electron chi connectivity index (χ1n) is 9.27. The third-order valence-electron chi connectivity index (χ3n) is 5.29. The molecule has 1 aliphatic heterocycles. The number of urea groups is 1. The van der Waals surface area contributed by atoms with Crippen LogP contribution in [0.1, 0.15) is 37.7 Å². The van der Waals surface area contributed by atoms with Crippen molar-refractivity contribution >= 4 is 6.03 Å². The van der Waals surface area contributed by atoms with Crippen LogP contribution in [0.4, 0.5) is 4.79 Å². The Morgan fingerprint density at radius 2 is 1.79 bits per heavy atom. The molecule has 2 fully saturated rings. The summed E-state index contributed by atoms with van der Waals surface area (Å²) in [6, 6.07) is 7.97. The van der Waals surface area contributed by atoms with E-state index in [-0.39, 0.29) is 11.8 Å². The molecule has 0 bridgehead atoms. The Hall–Kier alpha value is -1.75. The van der Waals surface area contributed by atoms with E-state index in [4.69, 9.17) is 0 Å². The summed E-state index contributed by atoms with van der Waals surface area (Å²) in [6.45, 7) is 4.46. The minimum absolute atomic E-state index is 0.0575. The molecule has 24 heavy (non-hydrogen) atoms. The number of hydrogen-bond donors (Lipinski definition) is 2. The Bertz CT molecular complexity index is 526. The number of phenolic OH excluding ortho intramolecular Hbond substituents is 1. The van der Waals surface area contributed by atoms with Crippen LogP contribution in [-0.4, -0.2) is 59.7 Å². The van der Waals surface area contributed by atoms with E-state index >= 15 is 0 Å². The summed E-state index contributed by atoms with van der Waals surface area (Å²) < 4.78 is 0. The Kier molecular flexibility index (Phi) is 5.96. The molecule has 0 aromatic heterocycles. The van der Waals surface area contributed by atoms with Crippen molar-refractivity contribution in [1.82, 2.24) is 15.1 Å². The predicted octanol–water partition coefficient (Wildman–Crippen LogP) is 2.59. The van der Waals surface area contributed by atoms with E-state index in [0.717, 1.165) is 50.6 Å². The van der Waals surface area contributed by atoms with Crippen LogP contribution in [0.3, 0.4) is 0 Å². The van der Waals surface area contributed by atoms with Crippen molar-refractivity contribution in [2.24, 2.45) is 0 Å². The maximum absolute atomic E-state index is 12.4. The molecule has 132 valence electrons. The monoisotopic (exact) mass is 331 g/mol. The van der Waals surface area contributed by atoms with E-state index < -0.39 is 0 Å². The predicted molar refractivity (Wildman–Crippen MR) is 95.2 cm³/mol. The van der Waals surface area contributed by atoms with Crippen molar-refractivity contribution in [3.05, 3.63) is 29.8 Å². The van der Waals surface area contributed by atoms with Crippen molar-refractivity contribution in [2.75, 3.05) is 32.7 Å². The van der Waals surface area contributed by atoms with Gasteiger partial charge < -0.3 is 15.3 Å². The molecule has 3 rings (SSSR count). The van der Waals surface area contributed by atoms with Crippen LogP contribution in [0.5, 0.6) is 5.75 Å². The summed E-state index contributed by atoms with van der Waals surface area (Å²) in [7, 11) is 0. The second-order valence-electron chi connectivity index (χ2n) is 6.96. The fraction of sp³-hybridized carbons (Fsp3) is 0.632. The zero-order valence-electron chi connectivity index (χ0n) is 14.4. The maximum atomic E-state index is 12.4. The fourth-order valence-corrected chi connectivity index (χ4v) is 3.86. The number of carbonyl (C=O) groups excluding carboxylic acids is 1. The number of carbonyl (C=O) groups is 1. The third-order valence-corrected chi connectivity index (χ3v) is 5.29. The number of amides is 2. The number of nitrogens with zero attached hydrogens (tertiary/aromatic N) is 2. The Morgan fingerprint density at radius 1 is 1.04 bits per heavy atom. The summed E-state index contributed by atoms with van der Waals surface area (Å²) in [4.78, 5) is 16.9. The highest BCUT2D eigenvalue weighted by atomic mass is 16.3. The van der Waals surface area contributed by atoms with Gasteiger partial charge in [0.05, 0.1) is 0 Å². The molecule has 1 aromatic carbocycles. The van der Waals surface area contributed by atoms with Crippen molar-refractivity contribution in [2.45, 2.75) is 44.6 Å². The van der Waals surface area contributed by atoms with Crippen molar-refractivity contribution < 1.29 is 9.90 Å². The molecule has 0 radical (unpaired) electrons. The van der Waals surface area contributed by atoms with Gasteiger partial charge in [0.1, 0.15) is 5.75 Å². The molecule has 1 saturated heterocycles. The van der Waals surface area contributed by atoms with Gasteiger partial charge in [-0.1, -0.05) is 25.0 Å². The molecule has 5 heteroatoms. The first kappa shape index (κ1) is 17.1. The van der Waals surface area contributed by atoms with Gasteiger partial charge in [-0.15, -0.1) is 0 Å². The summed E-state index contributed by atoms with van der Waals surface area (Å²) in [5.41, 5.74) is 1.12. The van der Waals surface area contributed by atoms with Gasteiger partial charge in [0.25, 0.3) is 0 Å². The Balaban J connectivity index is 1.40. The Labute approximate surface area is 144 Å². The molecule has 1 heterocycles. The highest BCUT2D eigenvalue weighted by Gasteiger charge is 2.25. The zero-order valence-corrected chi connectivity index (χ0v) is 14.4. The number of phenols is 1. The smallest absolute Gasteiger partial charge is 0.317 e. The molecule has 0 spiro atoms. The van der Waals surface area contributed by atoms with Crippen molar-refractivity contribution in [1.29, 1.82) is 0 Å². The van der Waals surface area contributed by atoms with E-state index in [0.29, 0.717) is 6.54 Å². The van der Waals surface area contributed by atoms with Gasteiger partial charge >= 0.3 is 6.03 Å². The first-order chi connectivity index (χ1) is 11.7. The first-order valence-corrected chi connectivity index (χ1v) is 9.27. The highest BCUT2D eigenvalue weighted by Crippen LogP contribution is 2.24. The lowest BCUT2D eigenvalue weighted by atomic mass is 10.1. The summed E-state index contributed by atoms with van der Waals surface area (Å²) in [5.74, 6) is 0.277. The molecule has 2 N–H and O–H groups in total. The lowest BCUT2D eigenvalue weighted by Gasteiger charge is -2.27. The molecule has 1 aliphatic carbocycles. The minimum Gasteiger partial charge on any atom is -0.508 e. The Morgan fingerprint density at radius 3 is 2.54 bits per heavy atom. The van der Waals surface area contributed by atoms with E-state index in [9.17, 15) is 9.90 Å². The topological polar surface area (TPSA) is 55.8 Å². The van der Waals surface area contributed by atoms with Crippen LogP contribution in [0, 0.1) is 0 Å². The average Bonchev–Trinajstić information content (AvgIpc) is 3.01. The molecule has 1 saturated carbocycles. The number of benzene rings is 1. The molecule has 0 atom stereocenters. The van der Waals surface area contributed by atoms with E-state index in [1.807, 2.05) is 17.0 Å². The molecular weight excluding hydrogens is 302 g/mol. The van der Waals surface area contributed by atoms with Crippen LogP contribution < -0.4 is 5.32 Å². The second kappa shape index (κ2) is 8.38. The standard InChI is InChI=1S/C19H29N3O2/c23-18-8-6-16(7-9-18)10-11-20-19(24)22-13-3-12-21(14-15-22)17-4-1-2-5-17/h6-9,17,23H,1-5,10-15H2,(H,20,24). The highest BCUT2D eigenvalue weighted by molar-refractivity contribution is 5.74. The number of rotatable bonds is 4. The largest absolute Gasteiger partial charge is 0.508 e. The van der Waals surface area contributed by atoms with Crippen molar-refractivity contribution in [3.8, 4) is 5.75 Å². The lowest BCUT2D eigenvalue weighted by molar-refractivity contribution is 0.188. The average molecular weight is 331 g/mol. The van der Waals surface area contributed by atoms with E-state index in [1.54, 1.807) is 12.1 Å². The number of hydrogen-bond acceptors (Lipinski definition) is 3. The molecule has 2 aliphatic rings. The van der Waals surface area contributed by atoms with Gasteiger partial charge in [-0.25, -0.2) is 4.79 Å². The van der Waals surface area contributed by atoms with Crippen LogP contribution >= 0.6 is 0 Å². The SMILES string of the molecule is O=C(NCCc1ccc(O)cc1)N1CCCN(C2CCCC2)CC1. The quantitative estimate of drug-likeness (QED) is 0.892. The summed E-state index contributed by atoms with van der Waals surface area (Å²) >= 11 is 0. The molecular formula is C19H29N3O2. The number of nitrogens with one attached hydrogen (secondary N) is 1. The molecule has 5 nitrogen and oxygen atoms in total.